The summed E-state index contributed by atoms with van der Waals surface area (Å²) in [6.07, 6.45) is 10.7. The normalized spacial score (nSPS) is 14.4. The molecule has 0 rings (SSSR count). The second kappa shape index (κ2) is 9.49. The molecule has 17 heavy (non-hydrogen) atoms. The molecule has 0 saturated heterocycles. The third-order valence-corrected chi connectivity index (χ3v) is 3.44. The third kappa shape index (κ3) is 7.40. The lowest BCUT2D eigenvalue weighted by Crippen LogP contribution is -2.47. The summed E-state index contributed by atoms with van der Waals surface area (Å²) in [5.41, 5.74) is 0.0752. The summed E-state index contributed by atoms with van der Waals surface area (Å²) in [7, 11) is 0. The first-order valence-corrected chi connectivity index (χ1v) is 7.39. The molecule has 0 aliphatic rings. The van der Waals surface area contributed by atoms with Crippen LogP contribution in [0.2, 0.25) is 0 Å². The summed E-state index contributed by atoms with van der Waals surface area (Å²) in [5.74, 6) is 0.131. The molecule has 102 valence electrons. The lowest BCUT2D eigenvalue weighted by Gasteiger charge is -2.35. The predicted octanol–water partition coefficient (Wildman–Crippen LogP) is 4.43. The lowest BCUT2D eigenvalue weighted by atomic mass is 9.83. The molecule has 1 N–H and O–H groups in total. The molecule has 0 aliphatic heterocycles. The molecule has 1 unspecified atom stereocenters. The van der Waals surface area contributed by atoms with E-state index in [4.69, 9.17) is 0 Å². The summed E-state index contributed by atoms with van der Waals surface area (Å²) >= 11 is 0. The van der Waals surface area contributed by atoms with E-state index < -0.39 is 0 Å². The number of unbranched alkanes of at least 4 members (excludes halogenated alkanes) is 3. The van der Waals surface area contributed by atoms with Crippen LogP contribution in [0.25, 0.3) is 0 Å². The topological polar surface area (TPSA) is 29.1 Å². The fraction of sp³-hybridized carbons (Fsp3) is 0.933. The second-order valence-electron chi connectivity index (χ2n) is 5.27. The Morgan fingerprint density at radius 3 is 1.94 bits per heavy atom. The van der Waals surface area contributed by atoms with Crippen molar-refractivity contribution in [3.63, 3.8) is 0 Å². The molecule has 0 aromatic rings. The van der Waals surface area contributed by atoms with Crippen molar-refractivity contribution in [3.05, 3.63) is 0 Å². The van der Waals surface area contributed by atoms with E-state index in [1.807, 2.05) is 0 Å². The van der Waals surface area contributed by atoms with Gasteiger partial charge in [-0.05, 0) is 19.3 Å². The highest BCUT2D eigenvalue weighted by Crippen LogP contribution is 2.27. The summed E-state index contributed by atoms with van der Waals surface area (Å²) in [6, 6.07) is 0. The fourth-order valence-corrected chi connectivity index (χ4v) is 2.64. The van der Waals surface area contributed by atoms with Gasteiger partial charge in [0.25, 0.3) is 0 Å². The largest absolute Gasteiger partial charge is 0.351 e. The van der Waals surface area contributed by atoms with Crippen LogP contribution in [0.3, 0.4) is 0 Å². The molecule has 0 spiro atoms. The van der Waals surface area contributed by atoms with Crippen molar-refractivity contribution in [3.8, 4) is 0 Å². The molecule has 2 heteroatoms. The molecular formula is C15H31NO. The van der Waals surface area contributed by atoms with Crippen molar-refractivity contribution in [2.45, 2.75) is 91.0 Å². The van der Waals surface area contributed by atoms with E-state index in [9.17, 15) is 4.79 Å². The van der Waals surface area contributed by atoms with Gasteiger partial charge in [-0.2, -0.15) is 0 Å². The molecule has 0 saturated carbocycles. The number of hydrogen-bond donors (Lipinski definition) is 1. The SMILES string of the molecule is CCCCCC(CCC)(CCCC)NC(C)=O. The number of amides is 1. The van der Waals surface area contributed by atoms with Crippen LogP contribution in [-0.4, -0.2) is 11.4 Å². The summed E-state index contributed by atoms with van der Waals surface area (Å²) in [4.78, 5) is 11.4. The molecule has 0 aromatic carbocycles. The van der Waals surface area contributed by atoms with E-state index in [1.165, 1.54) is 32.1 Å². The maximum absolute atomic E-state index is 11.4. The zero-order valence-corrected chi connectivity index (χ0v) is 12.3. The van der Waals surface area contributed by atoms with Crippen molar-refractivity contribution >= 4 is 5.91 Å². The molecule has 0 radical (unpaired) electrons. The minimum absolute atomic E-state index is 0.0752. The van der Waals surface area contributed by atoms with Gasteiger partial charge >= 0.3 is 0 Å². The standard InChI is InChI=1S/C15H31NO/c1-5-8-10-13-15(11-7-3,12-9-6-2)16-14(4)17/h5-13H2,1-4H3,(H,16,17). The van der Waals surface area contributed by atoms with Crippen LogP contribution in [0.4, 0.5) is 0 Å². The van der Waals surface area contributed by atoms with Crippen LogP contribution in [0.5, 0.6) is 0 Å². The average molecular weight is 241 g/mol. The highest BCUT2D eigenvalue weighted by atomic mass is 16.1. The van der Waals surface area contributed by atoms with Crippen molar-refractivity contribution in [2.24, 2.45) is 0 Å². The van der Waals surface area contributed by atoms with Gasteiger partial charge < -0.3 is 5.32 Å². The second-order valence-corrected chi connectivity index (χ2v) is 5.27. The molecular weight excluding hydrogens is 210 g/mol. The molecule has 0 fully saturated rings. The minimum Gasteiger partial charge on any atom is -0.351 e. The van der Waals surface area contributed by atoms with Crippen LogP contribution in [0, 0.1) is 0 Å². The van der Waals surface area contributed by atoms with Gasteiger partial charge in [0.15, 0.2) is 0 Å². The van der Waals surface area contributed by atoms with Crippen LogP contribution >= 0.6 is 0 Å². The van der Waals surface area contributed by atoms with Gasteiger partial charge in [0.2, 0.25) is 5.91 Å². The van der Waals surface area contributed by atoms with Gasteiger partial charge in [-0.25, -0.2) is 0 Å². The van der Waals surface area contributed by atoms with E-state index >= 15 is 0 Å². The first-order chi connectivity index (χ1) is 8.10. The number of rotatable bonds is 10. The summed E-state index contributed by atoms with van der Waals surface area (Å²) in [5, 5.41) is 3.25. The minimum atomic E-state index is 0.0752. The van der Waals surface area contributed by atoms with Gasteiger partial charge in [-0.1, -0.05) is 59.3 Å². The van der Waals surface area contributed by atoms with Crippen LogP contribution in [0.1, 0.15) is 85.5 Å². The Morgan fingerprint density at radius 2 is 1.47 bits per heavy atom. The van der Waals surface area contributed by atoms with Gasteiger partial charge in [0, 0.05) is 12.5 Å². The van der Waals surface area contributed by atoms with E-state index in [-0.39, 0.29) is 11.4 Å². The molecule has 1 amide bonds. The third-order valence-electron chi connectivity index (χ3n) is 3.44. The van der Waals surface area contributed by atoms with Crippen molar-refractivity contribution < 1.29 is 4.79 Å². The maximum Gasteiger partial charge on any atom is 0.217 e. The number of carbonyl (C=O) groups excluding carboxylic acids is 1. The lowest BCUT2D eigenvalue weighted by molar-refractivity contribution is -0.121. The fourth-order valence-electron chi connectivity index (χ4n) is 2.64. The van der Waals surface area contributed by atoms with E-state index in [1.54, 1.807) is 6.92 Å². The number of carbonyl (C=O) groups is 1. The molecule has 0 aliphatic carbocycles. The monoisotopic (exact) mass is 241 g/mol. The molecule has 0 heterocycles. The van der Waals surface area contributed by atoms with Gasteiger partial charge in [0.05, 0.1) is 0 Å². The Hall–Kier alpha value is -0.530. The average Bonchev–Trinajstić information content (AvgIpc) is 2.26. The van der Waals surface area contributed by atoms with Gasteiger partial charge in [-0.3, -0.25) is 4.79 Å². The quantitative estimate of drug-likeness (QED) is 0.563. The Kier molecular flexibility index (Phi) is 9.20. The molecule has 0 bridgehead atoms. The molecule has 1 atom stereocenters. The highest BCUT2D eigenvalue weighted by molar-refractivity contribution is 5.73. The van der Waals surface area contributed by atoms with Crippen LogP contribution in [-0.2, 0) is 4.79 Å². The Balaban J connectivity index is 4.49. The highest BCUT2D eigenvalue weighted by Gasteiger charge is 2.28. The smallest absolute Gasteiger partial charge is 0.217 e. The first-order valence-electron chi connectivity index (χ1n) is 7.39. The van der Waals surface area contributed by atoms with E-state index in [0.717, 1.165) is 25.7 Å². The van der Waals surface area contributed by atoms with E-state index in [0.29, 0.717) is 0 Å². The zero-order valence-electron chi connectivity index (χ0n) is 12.3. The Bertz CT molecular complexity index is 203. The number of hydrogen-bond acceptors (Lipinski definition) is 1. The van der Waals surface area contributed by atoms with Crippen LogP contribution < -0.4 is 5.32 Å². The Labute approximate surface area is 108 Å². The first kappa shape index (κ1) is 16.5. The molecule has 0 aromatic heterocycles. The Morgan fingerprint density at radius 1 is 0.882 bits per heavy atom. The van der Waals surface area contributed by atoms with Crippen molar-refractivity contribution in [2.75, 3.05) is 0 Å². The van der Waals surface area contributed by atoms with Gasteiger partial charge in [0.1, 0.15) is 0 Å². The predicted molar refractivity (Wildman–Crippen MR) is 75.1 cm³/mol. The summed E-state index contributed by atoms with van der Waals surface area (Å²) < 4.78 is 0. The molecule has 2 nitrogen and oxygen atoms in total. The maximum atomic E-state index is 11.4. The summed E-state index contributed by atoms with van der Waals surface area (Å²) in [6.45, 7) is 8.31. The van der Waals surface area contributed by atoms with E-state index in [2.05, 4.69) is 26.1 Å². The zero-order chi connectivity index (χ0) is 13.1. The number of nitrogens with one attached hydrogen (secondary N) is 1. The van der Waals surface area contributed by atoms with Crippen molar-refractivity contribution in [1.29, 1.82) is 0 Å². The van der Waals surface area contributed by atoms with Gasteiger partial charge in [-0.15, -0.1) is 0 Å². The van der Waals surface area contributed by atoms with Crippen LogP contribution in [0.15, 0.2) is 0 Å². The van der Waals surface area contributed by atoms with Crippen molar-refractivity contribution in [1.82, 2.24) is 5.32 Å².